The van der Waals surface area contributed by atoms with Gasteiger partial charge in [-0.05, 0) is 36.3 Å². The molecule has 98 valence electrons. The summed E-state index contributed by atoms with van der Waals surface area (Å²) >= 11 is 0. The van der Waals surface area contributed by atoms with E-state index in [-0.39, 0.29) is 0 Å². The molecule has 0 spiro atoms. The van der Waals surface area contributed by atoms with Gasteiger partial charge >= 0.3 is 0 Å². The summed E-state index contributed by atoms with van der Waals surface area (Å²) in [5, 5.41) is 1.34. The van der Waals surface area contributed by atoms with Gasteiger partial charge in [0.15, 0.2) is 0 Å². The Morgan fingerprint density at radius 3 is 2.72 bits per heavy atom. The topological polar surface area (TPSA) is 15.8 Å². The summed E-state index contributed by atoms with van der Waals surface area (Å²) in [4.78, 5) is 3.51. The molecule has 0 saturated heterocycles. The minimum absolute atomic E-state index is 0.901. The van der Waals surface area contributed by atoms with Crippen LogP contribution in [0.3, 0.4) is 0 Å². The summed E-state index contributed by atoms with van der Waals surface area (Å²) in [6, 6.07) is 10.8. The average molecular weight is 243 g/mol. The van der Waals surface area contributed by atoms with Gasteiger partial charge in [-0.25, -0.2) is 0 Å². The van der Waals surface area contributed by atoms with Crippen molar-refractivity contribution in [2.45, 2.75) is 52.4 Å². The molecule has 1 heterocycles. The van der Waals surface area contributed by atoms with E-state index in [1.54, 1.807) is 0 Å². The minimum Gasteiger partial charge on any atom is -0.358 e. The van der Waals surface area contributed by atoms with Crippen molar-refractivity contribution in [2.75, 3.05) is 0 Å². The van der Waals surface area contributed by atoms with Gasteiger partial charge in [0.2, 0.25) is 0 Å². The second-order valence-corrected chi connectivity index (χ2v) is 5.49. The number of H-pyrrole nitrogens is 1. The van der Waals surface area contributed by atoms with Crippen molar-refractivity contribution >= 4 is 10.9 Å². The highest BCUT2D eigenvalue weighted by Crippen LogP contribution is 2.17. The molecule has 1 heteroatoms. The Morgan fingerprint density at radius 2 is 1.94 bits per heavy atom. The third-order valence-electron chi connectivity index (χ3n) is 3.93. The second kappa shape index (κ2) is 6.63. The Bertz CT molecular complexity index is 436. The summed E-state index contributed by atoms with van der Waals surface area (Å²) in [5.74, 6) is 0.901. The van der Waals surface area contributed by atoms with Crippen molar-refractivity contribution in [3.05, 3.63) is 36.0 Å². The van der Waals surface area contributed by atoms with Gasteiger partial charge in [-0.1, -0.05) is 57.7 Å². The Hall–Kier alpha value is -1.24. The van der Waals surface area contributed by atoms with Gasteiger partial charge < -0.3 is 4.98 Å². The van der Waals surface area contributed by atoms with Crippen LogP contribution in [0.4, 0.5) is 0 Å². The number of aryl methyl sites for hydroxylation is 1. The Balaban J connectivity index is 1.73. The molecule has 2 aromatic rings. The van der Waals surface area contributed by atoms with E-state index in [0.29, 0.717) is 0 Å². The quantitative estimate of drug-likeness (QED) is 0.634. The Morgan fingerprint density at radius 1 is 1.11 bits per heavy atom. The standard InChI is InChI=1S/C17H25N/c1-3-14(2)9-5-4-6-11-16-13-15-10-7-8-12-17(15)18-16/h7-8,10,12-14,18H,3-6,9,11H2,1-2H3/t14-/m0/s1. The molecule has 1 aromatic carbocycles. The molecule has 0 aliphatic rings. The van der Waals surface area contributed by atoms with Gasteiger partial charge in [-0.2, -0.15) is 0 Å². The van der Waals surface area contributed by atoms with Crippen LogP contribution in [0.5, 0.6) is 0 Å². The highest BCUT2D eigenvalue weighted by molar-refractivity contribution is 5.80. The maximum Gasteiger partial charge on any atom is 0.0456 e. The van der Waals surface area contributed by atoms with Crippen molar-refractivity contribution in [3.8, 4) is 0 Å². The van der Waals surface area contributed by atoms with Crippen LogP contribution in [-0.2, 0) is 6.42 Å². The second-order valence-electron chi connectivity index (χ2n) is 5.49. The van der Waals surface area contributed by atoms with Crippen molar-refractivity contribution < 1.29 is 0 Å². The van der Waals surface area contributed by atoms with E-state index in [4.69, 9.17) is 0 Å². The molecular formula is C17H25N. The molecule has 1 N–H and O–H groups in total. The first-order chi connectivity index (χ1) is 8.79. The predicted molar refractivity (Wildman–Crippen MR) is 79.9 cm³/mol. The highest BCUT2D eigenvalue weighted by Gasteiger charge is 2.01. The van der Waals surface area contributed by atoms with E-state index in [1.807, 2.05) is 0 Å². The minimum atomic E-state index is 0.901. The Labute approximate surface area is 111 Å². The molecule has 0 radical (unpaired) electrons. The maximum absolute atomic E-state index is 3.51. The lowest BCUT2D eigenvalue weighted by Crippen LogP contribution is -1.92. The molecule has 0 amide bonds. The van der Waals surface area contributed by atoms with E-state index in [0.717, 1.165) is 5.92 Å². The van der Waals surface area contributed by atoms with E-state index < -0.39 is 0 Å². The van der Waals surface area contributed by atoms with Crippen LogP contribution in [-0.4, -0.2) is 4.98 Å². The number of para-hydroxylation sites is 1. The number of benzene rings is 1. The number of aromatic nitrogens is 1. The van der Waals surface area contributed by atoms with Crippen molar-refractivity contribution in [2.24, 2.45) is 5.92 Å². The molecule has 0 saturated carbocycles. The zero-order chi connectivity index (χ0) is 12.8. The van der Waals surface area contributed by atoms with Crippen LogP contribution < -0.4 is 0 Å². The van der Waals surface area contributed by atoms with Gasteiger partial charge in [0.05, 0.1) is 0 Å². The zero-order valence-electron chi connectivity index (χ0n) is 11.7. The van der Waals surface area contributed by atoms with Crippen LogP contribution in [0, 0.1) is 5.92 Å². The third-order valence-corrected chi connectivity index (χ3v) is 3.93. The molecule has 0 aliphatic heterocycles. The number of nitrogens with one attached hydrogen (secondary N) is 1. The molecule has 1 atom stereocenters. The van der Waals surface area contributed by atoms with E-state index in [9.17, 15) is 0 Å². The number of hydrogen-bond donors (Lipinski definition) is 1. The van der Waals surface area contributed by atoms with E-state index in [2.05, 4.69) is 49.2 Å². The lowest BCUT2D eigenvalue weighted by molar-refractivity contribution is 0.478. The smallest absolute Gasteiger partial charge is 0.0456 e. The number of unbranched alkanes of at least 4 members (excludes halogenated alkanes) is 2. The van der Waals surface area contributed by atoms with Gasteiger partial charge in [-0.3, -0.25) is 0 Å². The summed E-state index contributed by atoms with van der Waals surface area (Å²) in [7, 11) is 0. The predicted octanol–water partition coefficient (Wildman–Crippen LogP) is 5.32. The molecular weight excluding hydrogens is 218 g/mol. The van der Waals surface area contributed by atoms with Crippen LogP contribution in [0.15, 0.2) is 30.3 Å². The summed E-state index contributed by atoms with van der Waals surface area (Å²) in [6.07, 6.45) is 7.96. The zero-order valence-corrected chi connectivity index (χ0v) is 11.7. The fourth-order valence-corrected chi connectivity index (χ4v) is 2.46. The first-order valence-corrected chi connectivity index (χ1v) is 7.36. The SMILES string of the molecule is CC[C@H](C)CCCCCc1cc2ccccc2[nH]1. The van der Waals surface area contributed by atoms with Gasteiger partial charge in [0, 0.05) is 11.2 Å². The third kappa shape index (κ3) is 3.63. The molecule has 0 bridgehead atoms. The highest BCUT2D eigenvalue weighted by atomic mass is 14.7. The van der Waals surface area contributed by atoms with E-state index >= 15 is 0 Å². The number of aromatic amines is 1. The summed E-state index contributed by atoms with van der Waals surface area (Å²) in [6.45, 7) is 4.65. The van der Waals surface area contributed by atoms with Crippen LogP contribution in [0.1, 0.15) is 51.6 Å². The number of rotatable bonds is 7. The van der Waals surface area contributed by atoms with Crippen molar-refractivity contribution in [1.29, 1.82) is 0 Å². The van der Waals surface area contributed by atoms with Gasteiger partial charge in [0.25, 0.3) is 0 Å². The number of hydrogen-bond acceptors (Lipinski definition) is 0. The number of fused-ring (bicyclic) bond motifs is 1. The van der Waals surface area contributed by atoms with E-state index in [1.165, 1.54) is 55.1 Å². The largest absolute Gasteiger partial charge is 0.358 e. The fraction of sp³-hybridized carbons (Fsp3) is 0.529. The first kappa shape index (κ1) is 13.2. The molecule has 18 heavy (non-hydrogen) atoms. The summed E-state index contributed by atoms with van der Waals surface area (Å²) < 4.78 is 0. The monoisotopic (exact) mass is 243 g/mol. The van der Waals surface area contributed by atoms with Gasteiger partial charge in [0.1, 0.15) is 0 Å². The molecule has 0 unspecified atom stereocenters. The fourth-order valence-electron chi connectivity index (χ4n) is 2.46. The first-order valence-electron chi connectivity index (χ1n) is 7.36. The van der Waals surface area contributed by atoms with Gasteiger partial charge in [-0.15, -0.1) is 0 Å². The molecule has 2 rings (SSSR count). The molecule has 0 aliphatic carbocycles. The molecule has 1 nitrogen and oxygen atoms in total. The molecule has 0 fully saturated rings. The maximum atomic E-state index is 3.51. The average Bonchev–Trinajstić information content (AvgIpc) is 2.80. The van der Waals surface area contributed by atoms with Crippen molar-refractivity contribution in [1.82, 2.24) is 4.98 Å². The molecule has 1 aromatic heterocycles. The Kier molecular flexibility index (Phi) is 4.86. The lowest BCUT2D eigenvalue weighted by atomic mass is 10.00. The summed E-state index contributed by atoms with van der Waals surface area (Å²) in [5.41, 5.74) is 2.66. The van der Waals surface area contributed by atoms with Crippen molar-refractivity contribution in [3.63, 3.8) is 0 Å². The van der Waals surface area contributed by atoms with Crippen LogP contribution in [0.2, 0.25) is 0 Å². The van der Waals surface area contributed by atoms with Crippen LogP contribution in [0.25, 0.3) is 10.9 Å². The normalized spacial score (nSPS) is 13.0. The van der Waals surface area contributed by atoms with Crippen LogP contribution >= 0.6 is 0 Å². The lowest BCUT2D eigenvalue weighted by Gasteiger charge is -2.06.